The Bertz CT molecular complexity index is 910. The Morgan fingerprint density at radius 1 is 1.12 bits per heavy atom. The second kappa shape index (κ2) is 6.23. The van der Waals surface area contributed by atoms with Crippen LogP contribution < -0.4 is 5.32 Å². The lowest BCUT2D eigenvalue weighted by atomic mass is 9.92. The maximum absolute atomic E-state index is 13.4. The van der Waals surface area contributed by atoms with Gasteiger partial charge in [0.25, 0.3) is 5.91 Å². The Morgan fingerprint density at radius 3 is 2.40 bits per heavy atom. The number of nitrogens with one attached hydrogen (secondary N) is 1. The lowest BCUT2D eigenvalue weighted by molar-refractivity contribution is 0.0842. The molecule has 25 heavy (non-hydrogen) atoms. The smallest absolute Gasteiger partial charge is 0.253 e. The number of carbonyl (C=O) groups excluding carboxylic acids is 1. The average Bonchev–Trinajstić information content (AvgIpc) is 2.94. The van der Waals surface area contributed by atoms with E-state index in [-0.39, 0.29) is 5.56 Å². The van der Waals surface area contributed by atoms with Crippen molar-refractivity contribution in [3.05, 3.63) is 59.7 Å². The fourth-order valence-corrected chi connectivity index (χ4v) is 2.61. The third-order valence-electron chi connectivity index (χ3n) is 3.83. The molecule has 0 aliphatic heterocycles. The van der Waals surface area contributed by atoms with Crippen molar-refractivity contribution in [1.82, 2.24) is 20.3 Å². The van der Waals surface area contributed by atoms with Crippen LogP contribution in [0.2, 0.25) is 0 Å². The lowest BCUT2D eigenvalue weighted by Gasteiger charge is -2.31. The van der Waals surface area contributed by atoms with Gasteiger partial charge in [-0.05, 0) is 24.3 Å². The van der Waals surface area contributed by atoms with E-state index in [4.69, 9.17) is 0 Å². The highest BCUT2D eigenvalue weighted by atomic mass is 19.1. The number of rotatable bonds is 3. The maximum Gasteiger partial charge on any atom is 0.253 e. The zero-order valence-corrected chi connectivity index (χ0v) is 14.1. The van der Waals surface area contributed by atoms with E-state index in [1.807, 2.05) is 45.0 Å². The van der Waals surface area contributed by atoms with Crippen LogP contribution in [0.15, 0.2) is 42.5 Å². The molecule has 130 valence electrons. The molecule has 0 aliphatic rings. The van der Waals surface area contributed by atoms with Gasteiger partial charge in [0, 0.05) is 17.0 Å². The van der Waals surface area contributed by atoms with Gasteiger partial charge in [-0.1, -0.05) is 38.1 Å². The summed E-state index contributed by atoms with van der Waals surface area (Å²) < 4.78 is 28.4. The van der Waals surface area contributed by atoms with Crippen LogP contribution >= 0.6 is 0 Å². The number of aromatic nitrogens is 3. The standard InChI is InChI=1S/C18H18F2N4O/c1-18(2,3)17(24-15-7-5-4-6-14(15)22-23-24)21-16(25)11-8-12(19)10-13(20)9-11/h4-10,17H,1-3H3,(H,21,25). The van der Waals surface area contributed by atoms with Crippen molar-refractivity contribution in [2.45, 2.75) is 26.9 Å². The number of hydrogen-bond donors (Lipinski definition) is 1. The molecule has 1 N–H and O–H groups in total. The van der Waals surface area contributed by atoms with Crippen LogP contribution in [0.3, 0.4) is 0 Å². The molecule has 1 unspecified atom stereocenters. The molecule has 0 aliphatic carbocycles. The highest BCUT2D eigenvalue weighted by Crippen LogP contribution is 2.30. The predicted octanol–water partition coefficient (Wildman–Crippen LogP) is 3.68. The summed E-state index contributed by atoms with van der Waals surface area (Å²) in [4.78, 5) is 12.5. The van der Waals surface area contributed by atoms with Gasteiger partial charge in [0.15, 0.2) is 0 Å². The maximum atomic E-state index is 13.4. The molecule has 0 saturated heterocycles. The highest BCUT2D eigenvalue weighted by Gasteiger charge is 2.30. The fourth-order valence-electron chi connectivity index (χ4n) is 2.61. The van der Waals surface area contributed by atoms with Crippen LogP contribution in [0.1, 0.15) is 37.3 Å². The first-order valence-electron chi connectivity index (χ1n) is 7.82. The summed E-state index contributed by atoms with van der Waals surface area (Å²) in [6.07, 6.45) is -0.557. The third-order valence-corrected chi connectivity index (χ3v) is 3.83. The van der Waals surface area contributed by atoms with E-state index in [1.54, 1.807) is 4.68 Å². The summed E-state index contributed by atoms with van der Waals surface area (Å²) in [5, 5.41) is 11.1. The normalized spacial score (nSPS) is 13.0. The van der Waals surface area contributed by atoms with E-state index >= 15 is 0 Å². The first kappa shape index (κ1) is 17.0. The van der Waals surface area contributed by atoms with Crippen LogP contribution in [-0.4, -0.2) is 20.9 Å². The van der Waals surface area contributed by atoms with E-state index < -0.39 is 29.1 Å². The van der Waals surface area contributed by atoms with E-state index in [0.29, 0.717) is 5.52 Å². The number of benzene rings is 2. The van der Waals surface area contributed by atoms with Gasteiger partial charge in [0.05, 0.1) is 5.52 Å². The van der Waals surface area contributed by atoms with Gasteiger partial charge >= 0.3 is 0 Å². The van der Waals surface area contributed by atoms with Gasteiger partial charge in [-0.3, -0.25) is 4.79 Å². The largest absolute Gasteiger partial charge is 0.330 e. The number of hydrogen-bond acceptors (Lipinski definition) is 3. The summed E-state index contributed by atoms with van der Waals surface area (Å²) in [5.41, 5.74) is 0.949. The van der Waals surface area contributed by atoms with Crippen molar-refractivity contribution in [2.75, 3.05) is 0 Å². The molecule has 7 heteroatoms. The lowest BCUT2D eigenvalue weighted by Crippen LogP contribution is -2.41. The van der Waals surface area contributed by atoms with Crippen molar-refractivity contribution in [3.63, 3.8) is 0 Å². The van der Waals surface area contributed by atoms with E-state index in [0.717, 1.165) is 23.7 Å². The summed E-state index contributed by atoms with van der Waals surface area (Å²) in [6, 6.07) is 10.1. The average molecular weight is 344 g/mol. The molecule has 0 spiro atoms. The minimum absolute atomic E-state index is 0.0869. The molecule has 0 radical (unpaired) electrons. The number of halogens is 2. The SMILES string of the molecule is CC(C)(C)C(NC(=O)c1cc(F)cc(F)c1)n1nnc2ccccc21. The monoisotopic (exact) mass is 344 g/mol. The van der Waals surface area contributed by atoms with Crippen molar-refractivity contribution >= 4 is 16.9 Å². The second-order valence-electron chi connectivity index (χ2n) is 6.92. The fraction of sp³-hybridized carbons (Fsp3) is 0.278. The van der Waals surface area contributed by atoms with Crippen LogP contribution in [0, 0.1) is 17.0 Å². The summed E-state index contributed by atoms with van der Waals surface area (Å²) in [5.74, 6) is -2.19. The topological polar surface area (TPSA) is 59.8 Å². The number of fused-ring (bicyclic) bond motifs is 1. The summed E-state index contributed by atoms with van der Waals surface area (Å²) in [6.45, 7) is 5.79. The van der Waals surface area contributed by atoms with Gasteiger partial charge < -0.3 is 5.32 Å². The molecule has 0 bridgehead atoms. The zero-order valence-electron chi connectivity index (χ0n) is 14.1. The highest BCUT2D eigenvalue weighted by molar-refractivity contribution is 5.94. The van der Waals surface area contributed by atoms with Crippen molar-refractivity contribution in [2.24, 2.45) is 5.41 Å². The van der Waals surface area contributed by atoms with E-state index in [1.165, 1.54) is 0 Å². The Hall–Kier alpha value is -2.83. The molecule has 1 amide bonds. The molecule has 1 aromatic heterocycles. The molecule has 5 nitrogen and oxygen atoms in total. The van der Waals surface area contributed by atoms with Gasteiger partial charge in [-0.2, -0.15) is 0 Å². The Labute approximate surface area is 143 Å². The number of carbonyl (C=O) groups is 1. The first-order chi connectivity index (χ1) is 11.8. The van der Waals surface area contributed by atoms with Gasteiger partial charge in [-0.15, -0.1) is 5.10 Å². The van der Waals surface area contributed by atoms with E-state index in [9.17, 15) is 13.6 Å². The van der Waals surface area contributed by atoms with Crippen LogP contribution in [-0.2, 0) is 0 Å². The molecule has 1 atom stereocenters. The molecule has 0 saturated carbocycles. The Kier molecular flexibility index (Phi) is 4.24. The first-order valence-corrected chi connectivity index (χ1v) is 7.82. The second-order valence-corrected chi connectivity index (χ2v) is 6.92. The van der Waals surface area contributed by atoms with Gasteiger partial charge in [0.2, 0.25) is 0 Å². The number of para-hydroxylation sites is 1. The molecular formula is C18H18F2N4O. The molecular weight excluding hydrogens is 326 g/mol. The summed E-state index contributed by atoms with van der Waals surface area (Å²) in [7, 11) is 0. The molecule has 2 aromatic carbocycles. The van der Waals surface area contributed by atoms with Crippen molar-refractivity contribution in [1.29, 1.82) is 0 Å². The zero-order chi connectivity index (χ0) is 18.2. The van der Waals surface area contributed by atoms with Crippen LogP contribution in [0.4, 0.5) is 8.78 Å². The van der Waals surface area contributed by atoms with E-state index in [2.05, 4.69) is 15.6 Å². The molecule has 3 rings (SSSR count). The molecule has 1 heterocycles. The predicted molar refractivity (Wildman–Crippen MR) is 89.8 cm³/mol. The Balaban J connectivity index is 1.98. The molecule has 3 aromatic rings. The van der Waals surface area contributed by atoms with Crippen molar-refractivity contribution < 1.29 is 13.6 Å². The summed E-state index contributed by atoms with van der Waals surface area (Å²) >= 11 is 0. The third kappa shape index (κ3) is 3.50. The number of nitrogens with zero attached hydrogens (tertiary/aromatic N) is 3. The molecule has 0 fully saturated rings. The van der Waals surface area contributed by atoms with Gasteiger partial charge in [-0.25, -0.2) is 13.5 Å². The van der Waals surface area contributed by atoms with Crippen molar-refractivity contribution in [3.8, 4) is 0 Å². The number of amides is 1. The van der Waals surface area contributed by atoms with Crippen LogP contribution in [0.25, 0.3) is 11.0 Å². The minimum Gasteiger partial charge on any atom is -0.330 e. The Morgan fingerprint density at radius 2 is 1.76 bits per heavy atom. The minimum atomic E-state index is -0.802. The van der Waals surface area contributed by atoms with Gasteiger partial charge in [0.1, 0.15) is 23.3 Å². The quantitative estimate of drug-likeness (QED) is 0.788. The van der Waals surface area contributed by atoms with Crippen LogP contribution in [0.5, 0.6) is 0 Å².